The zero-order chi connectivity index (χ0) is 35.6. The highest BCUT2D eigenvalue weighted by molar-refractivity contribution is 5.79. The first-order chi connectivity index (χ1) is 24.0. The van der Waals surface area contributed by atoms with Gasteiger partial charge in [-0.1, -0.05) is 0 Å². The van der Waals surface area contributed by atoms with E-state index in [9.17, 15) is 28.8 Å². The second-order valence-electron chi connectivity index (χ2n) is 12.4. The van der Waals surface area contributed by atoms with Crippen LogP contribution in [0, 0.1) is 23.7 Å². The van der Waals surface area contributed by atoms with Gasteiger partial charge in [-0.25, -0.2) is 0 Å². The van der Waals surface area contributed by atoms with Gasteiger partial charge in [-0.2, -0.15) is 0 Å². The molecule has 3 aromatic carbocycles. The maximum Gasteiger partial charge on any atom is 0.314 e. The molecule has 0 bridgehead atoms. The molecule has 5 rings (SSSR count). The molecule has 2 aliphatic rings. The molecule has 12 heteroatoms. The molecule has 0 heterocycles. The Balaban J connectivity index is 1.00. The number of hydrogen-bond donors (Lipinski definition) is 0. The van der Waals surface area contributed by atoms with Crippen molar-refractivity contribution in [3.8, 4) is 34.5 Å². The molecule has 0 saturated heterocycles. The fourth-order valence-electron chi connectivity index (χ4n) is 5.99. The summed E-state index contributed by atoms with van der Waals surface area (Å²) in [7, 11) is 0. The molecule has 0 aromatic heterocycles. The summed E-state index contributed by atoms with van der Waals surface area (Å²) in [6.07, 6.45) is 3.83. The summed E-state index contributed by atoms with van der Waals surface area (Å²) in [4.78, 5) is 73.1. The lowest BCUT2D eigenvalue weighted by atomic mass is 9.82. The topological polar surface area (TPSA) is 158 Å². The predicted molar refractivity (Wildman–Crippen MR) is 175 cm³/mol. The predicted octanol–water partition coefficient (Wildman–Crippen LogP) is 6.17. The number of benzene rings is 3. The SMILES string of the molecule is CC(=O)Oc1ccc(OC(=O)C2CCC(C(=O)Oc3ccc(OC(=O)C4CCC(C(=O)Oc5ccc(OC(C)=O)cc5)CC4)cc3)CC2)cc1. The summed E-state index contributed by atoms with van der Waals surface area (Å²) in [5.74, 6) is -1.81. The highest BCUT2D eigenvalue weighted by Gasteiger charge is 2.33. The molecule has 3 aromatic rings. The van der Waals surface area contributed by atoms with E-state index in [1.165, 1.54) is 13.8 Å². The molecule has 12 nitrogen and oxygen atoms in total. The second kappa shape index (κ2) is 16.7. The first kappa shape index (κ1) is 35.8. The summed E-state index contributed by atoms with van der Waals surface area (Å²) in [5, 5.41) is 0. The molecule has 2 saturated carbocycles. The largest absolute Gasteiger partial charge is 0.427 e. The minimum Gasteiger partial charge on any atom is -0.427 e. The lowest BCUT2D eigenvalue weighted by molar-refractivity contribution is -0.145. The smallest absolute Gasteiger partial charge is 0.314 e. The number of ether oxygens (including phenoxy) is 6. The molecule has 0 radical (unpaired) electrons. The van der Waals surface area contributed by atoms with Crippen LogP contribution in [-0.4, -0.2) is 35.8 Å². The molecule has 0 aliphatic heterocycles. The highest BCUT2D eigenvalue weighted by Crippen LogP contribution is 2.34. The van der Waals surface area contributed by atoms with Crippen LogP contribution < -0.4 is 28.4 Å². The first-order valence-electron chi connectivity index (χ1n) is 16.6. The van der Waals surface area contributed by atoms with E-state index in [0.717, 1.165) is 0 Å². The van der Waals surface area contributed by atoms with Crippen molar-refractivity contribution >= 4 is 35.8 Å². The third-order valence-corrected chi connectivity index (χ3v) is 8.66. The van der Waals surface area contributed by atoms with Crippen LogP contribution in [0.1, 0.15) is 65.2 Å². The van der Waals surface area contributed by atoms with Crippen molar-refractivity contribution in [2.24, 2.45) is 23.7 Å². The van der Waals surface area contributed by atoms with Gasteiger partial charge in [-0.05, 0) is 124 Å². The number of carbonyl (C=O) groups excluding carboxylic acids is 6. The lowest BCUT2D eigenvalue weighted by Crippen LogP contribution is -2.30. The number of rotatable bonds is 10. The van der Waals surface area contributed by atoms with Crippen molar-refractivity contribution in [2.45, 2.75) is 65.2 Å². The molecular weight excluding hydrogens is 648 g/mol. The van der Waals surface area contributed by atoms with Crippen LogP contribution in [0.2, 0.25) is 0 Å². The van der Waals surface area contributed by atoms with E-state index in [1.54, 1.807) is 72.8 Å². The van der Waals surface area contributed by atoms with Crippen LogP contribution in [0.3, 0.4) is 0 Å². The van der Waals surface area contributed by atoms with E-state index in [4.69, 9.17) is 28.4 Å². The molecule has 0 atom stereocenters. The van der Waals surface area contributed by atoms with Gasteiger partial charge in [-0.3, -0.25) is 28.8 Å². The van der Waals surface area contributed by atoms with Gasteiger partial charge in [0.1, 0.15) is 34.5 Å². The van der Waals surface area contributed by atoms with E-state index in [-0.39, 0.29) is 35.6 Å². The van der Waals surface area contributed by atoms with Crippen molar-refractivity contribution < 1.29 is 57.2 Å². The maximum atomic E-state index is 12.8. The fourth-order valence-corrected chi connectivity index (χ4v) is 5.99. The van der Waals surface area contributed by atoms with E-state index in [0.29, 0.717) is 85.9 Å². The quantitative estimate of drug-likeness (QED) is 0.177. The third-order valence-electron chi connectivity index (χ3n) is 8.66. The van der Waals surface area contributed by atoms with Crippen molar-refractivity contribution in [2.75, 3.05) is 0 Å². The van der Waals surface area contributed by atoms with E-state index < -0.39 is 23.9 Å². The van der Waals surface area contributed by atoms with Crippen LogP contribution in [0.5, 0.6) is 34.5 Å². The van der Waals surface area contributed by atoms with Gasteiger partial charge in [0.25, 0.3) is 0 Å². The van der Waals surface area contributed by atoms with Crippen LogP contribution in [0.15, 0.2) is 72.8 Å². The van der Waals surface area contributed by atoms with Crippen LogP contribution >= 0.6 is 0 Å². The minimum absolute atomic E-state index is 0.313. The molecule has 0 N–H and O–H groups in total. The molecular formula is C38H38O12. The molecule has 2 aliphatic carbocycles. The van der Waals surface area contributed by atoms with Gasteiger partial charge in [0.2, 0.25) is 0 Å². The van der Waals surface area contributed by atoms with Gasteiger partial charge in [0.15, 0.2) is 0 Å². The Hall–Kier alpha value is -5.52. The van der Waals surface area contributed by atoms with E-state index in [2.05, 4.69) is 0 Å². The van der Waals surface area contributed by atoms with Crippen molar-refractivity contribution in [1.29, 1.82) is 0 Å². The van der Waals surface area contributed by atoms with Gasteiger partial charge < -0.3 is 28.4 Å². The normalized spacial score (nSPS) is 20.0. The zero-order valence-corrected chi connectivity index (χ0v) is 27.8. The van der Waals surface area contributed by atoms with E-state index >= 15 is 0 Å². The summed E-state index contributed by atoms with van der Waals surface area (Å²) < 4.78 is 32.0. The van der Waals surface area contributed by atoms with E-state index in [1.807, 2.05) is 0 Å². The fraction of sp³-hybridized carbons (Fsp3) is 0.368. The van der Waals surface area contributed by atoms with Crippen molar-refractivity contribution in [3.05, 3.63) is 72.8 Å². The van der Waals surface area contributed by atoms with Crippen molar-refractivity contribution in [3.63, 3.8) is 0 Å². The molecule has 0 unspecified atom stereocenters. The van der Waals surface area contributed by atoms with Crippen LogP contribution in [0.25, 0.3) is 0 Å². The number of carbonyl (C=O) groups is 6. The number of hydrogen-bond acceptors (Lipinski definition) is 12. The summed E-state index contributed by atoms with van der Waals surface area (Å²) in [6.45, 7) is 2.60. The summed E-state index contributed by atoms with van der Waals surface area (Å²) in [6, 6.07) is 18.6. The zero-order valence-electron chi connectivity index (χ0n) is 27.8. The maximum absolute atomic E-state index is 12.8. The Morgan fingerprint density at radius 2 is 0.500 bits per heavy atom. The van der Waals surface area contributed by atoms with Gasteiger partial charge in [0.05, 0.1) is 23.7 Å². The van der Waals surface area contributed by atoms with Gasteiger partial charge in [-0.15, -0.1) is 0 Å². The first-order valence-corrected chi connectivity index (χ1v) is 16.6. The lowest BCUT2D eigenvalue weighted by Gasteiger charge is -2.26. The molecule has 0 spiro atoms. The highest BCUT2D eigenvalue weighted by atomic mass is 16.6. The minimum atomic E-state index is -0.443. The Morgan fingerprint density at radius 1 is 0.340 bits per heavy atom. The summed E-state index contributed by atoms with van der Waals surface area (Å²) in [5.41, 5.74) is 0. The second-order valence-corrected chi connectivity index (χ2v) is 12.4. The van der Waals surface area contributed by atoms with Gasteiger partial charge in [0, 0.05) is 13.8 Å². The van der Waals surface area contributed by atoms with Crippen LogP contribution in [-0.2, 0) is 28.8 Å². The Bertz CT molecular complexity index is 1550. The van der Waals surface area contributed by atoms with Crippen LogP contribution in [0.4, 0.5) is 0 Å². The molecule has 50 heavy (non-hydrogen) atoms. The van der Waals surface area contributed by atoms with Crippen molar-refractivity contribution in [1.82, 2.24) is 0 Å². The average molecular weight is 687 g/mol. The number of esters is 6. The Kier molecular flexibility index (Phi) is 12.0. The Labute approximate surface area is 288 Å². The Morgan fingerprint density at radius 3 is 0.660 bits per heavy atom. The molecule has 0 amide bonds. The standard InChI is InChI=1S/C38H38O12/c1-23(39)45-29-11-15-31(16-12-29)47-35(41)25-3-7-27(8-4-25)37(43)49-33-19-21-34(22-20-33)50-38(44)28-9-5-26(6-10-28)36(42)48-32-17-13-30(14-18-32)46-24(2)40/h11-22,25-28H,3-10H2,1-2H3. The molecule has 262 valence electrons. The third kappa shape index (κ3) is 10.2. The monoisotopic (exact) mass is 686 g/mol. The van der Waals surface area contributed by atoms with Gasteiger partial charge >= 0.3 is 35.8 Å². The molecule has 2 fully saturated rings. The summed E-state index contributed by atoms with van der Waals surface area (Å²) >= 11 is 0. The average Bonchev–Trinajstić information content (AvgIpc) is 3.10.